The Bertz CT molecular complexity index is 727. The van der Waals surface area contributed by atoms with Gasteiger partial charge in [-0.3, -0.25) is 9.89 Å². The predicted octanol–water partition coefficient (Wildman–Crippen LogP) is 3.41. The average Bonchev–Trinajstić information content (AvgIpc) is 3.25. The molecule has 1 fully saturated rings. The first-order valence-electron chi connectivity index (χ1n) is 10.3. The van der Waals surface area contributed by atoms with Gasteiger partial charge in [-0.2, -0.15) is 0 Å². The van der Waals surface area contributed by atoms with Crippen LogP contribution in [0.3, 0.4) is 0 Å². The van der Waals surface area contributed by atoms with Gasteiger partial charge in [0.25, 0.3) is 0 Å². The van der Waals surface area contributed by atoms with Crippen LogP contribution in [0.5, 0.6) is 0 Å². The fourth-order valence-electron chi connectivity index (χ4n) is 3.55. The minimum atomic E-state index is 0. The number of piperazine rings is 1. The van der Waals surface area contributed by atoms with Crippen molar-refractivity contribution in [3.63, 3.8) is 0 Å². The van der Waals surface area contributed by atoms with Crippen molar-refractivity contribution in [3.05, 3.63) is 57.8 Å². The number of nitrogens with one attached hydrogen (secondary N) is 2. The minimum Gasteiger partial charge on any atom is -0.356 e. The maximum atomic E-state index is 4.37. The summed E-state index contributed by atoms with van der Waals surface area (Å²) in [7, 11) is 1.83. The highest BCUT2D eigenvalue weighted by molar-refractivity contribution is 14.0. The van der Waals surface area contributed by atoms with Crippen LogP contribution in [0, 0.1) is 0 Å². The van der Waals surface area contributed by atoms with Gasteiger partial charge in [0.2, 0.25) is 0 Å². The molecule has 0 atom stereocenters. The molecule has 3 rings (SSSR count). The molecule has 0 spiro atoms. The van der Waals surface area contributed by atoms with E-state index in [0.717, 1.165) is 51.6 Å². The molecule has 0 bridgehead atoms. The number of halogens is 1. The standard InChI is InChI=1S/C22H33N5S.HI/c1-3-26-12-14-27(15-13-26)18-20-8-5-4-7-19(20)17-25-22(23-2)24-11-10-21-9-6-16-28-21;/h4-9,16H,3,10-15,17-18H2,1-2H3,(H2,23,24,25);1H. The summed E-state index contributed by atoms with van der Waals surface area (Å²) in [5, 5.41) is 9.02. The summed E-state index contributed by atoms with van der Waals surface area (Å²) in [6.07, 6.45) is 1.03. The smallest absolute Gasteiger partial charge is 0.191 e. The van der Waals surface area contributed by atoms with E-state index in [1.165, 1.54) is 29.1 Å². The lowest BCUT2D eigenvalue weighted by molar-refractivity contribution is 0.131. The molecule has 1 aliphatic rings. The first-order valence-corrected chi connectivity index (χ1v) is 11.1. The quantitative estimate of drug-likeness (QED) is 0.314. The van der Waals surface area contributed by atoms with Crippen LogP contribution in [0.15, 0.2) is 46.8 Å². The second-order valence-electron chi connectivity index (χ2n) is 7.16. The molecule has 0 amide bonds. The number of rotatable bonds is 8. The molecule has 1 aromatic carbocycles. The first kappa shape index (κ1) is 24.1. The number of hydrogen-bond acceptors (Lipinski definition) is 4. The van der Waals surface area contributed by atoms with E-state index >= 15 is 0 Å². The molecule has 7 heteroatoms. The Hall–Kier alpha value is -1.16. The number of hydrogen-bond donors (Lipinski definition) is 2. The Kier molecular flexibility index (Phi) is 11.0. The summed E-state index contributed by atoms with van der Waals surface area (Å²) in [5.74, 6) is 0.864. The zero-order valence-electron chi connectivity index (χ0n) is 17.6. The summed E-state index contributed by atoms with van der Waals surface area (Å²) >= 11 is 1.80. The second-order valence-corrected chi connectivity index (χ2v) is 8.19. The number of nitrogens with zero attached hydrogens (tertiary/aromatic N) is 3. The van der Waals surface area contributed by atoms with Gasteiger partial charge in [0.15, 0.2) is 5.96 Å². The molecule has 160 valence electrons. The van der Waals surface area contributed by atoms with E-state index in [1.54, 1.807) is 11.3 Å². The van der Waals surface area contributed by atoms with Crippen LogP contribution >= 0.6 is 35.3 Å². The van der Waals surface area contributed by atoms with Gasteiger partial charge in [-0.25, -0.2) is 0 Å². The largest absolute Gasteiger partial charge is 0.356 e. The molecular weight excluding hydrogens is 493 g/mol. The van der Waals surface area contributed by atoms with Crippen LogP contribution in [0.25, 0.3) is 0 Å². The molecule has 0 radical (unpaired) electrons. The van der Waals surface area contributed by atoms with Crippen molar-refractivity contribution in [2.75, 3.05) is 46.3 Å². The zero-order valence-corrected chi connectivity index (χ0v) is 20.7. The van der Waals surface area contributed by atoms with Crippen molar-refractivity contribution < 1.29 is 0 Å². The lowest BCUT2D eigenvalue weighted by Gasteiger charge is -2.34. The highest BCUT2D eigenvalue weighted by atomic mass is 127. The summed E-state index contributed by atoms with van der Waals surface area (Å²) in [6.45, 7) is 10.8. The van der Waals surface area contributed by atoms with Crippen LogP contribution < -0.4 is 10.6 Å². The Morgan fingerprint density at radius 2 is 1.72 bits per heavy atom. The van der Waals surface area contributed by atoms with Crippen LogP contribution in [0.1, 0.15) is 22.9 Å². The molecule has 0 saturated carbocycles. The Morgan fingerprint density at radius 3 is 2.38 bits per heavy atom. The van der Waals surface area contributed by atoms with Crippen molar-refractivity contribution in [3.8, 4) is 0 Å². The monoisotopic (exact) mass is 527 g/mol. The average molecular weight is 528 g/mol. The molecule has 2 aromatic rings. The van der Waals surface area contributed by atoms with Gasteiger partial charge in [0.1, 0.15) is 0 Å². The minimum absolute atomic E-state index is 0. The van der Waals surface area contributed by atoms with Gasteiger partial charge < -0.3 is 15.5 Å². The third-order valence-electron chi connectivity index (χ3n) is 5.34. The van der Waals surface area contributed by atoms with Crippen LogP contribution in [0.4, 0.5) is 0 Å². The molecule has 2 N–H and O–H groups in total. The lowest BCUT2D eigenvalue weighted by atomic mass is 10.1. The molecule has 1 aliphatic heterocycles. The van der Waals surface area contributed by atoms with E-state index in [4.69, 9.17) is 0 Å². The molecule has 0 unspecified atom stereocenters. The Balaban J connectivity index is 0.00000300. The van der Waals surface area contributed by atoms with Gasteiger partial charge in [-0.15, -0.1) is 35.3 Å². The van der Waals surface area contributed by atoms with Gasteiger partial charge >= 0.3 is 0 Å². The maximum absolute atomic E-state index is 4.37. The fraction of sp³-hybridized carbons (Fsp3) is 0.500. The predicted molar refractivity (Wildman–Crippen MR) is 135 cm³/mol. The van der Waals surface area contributed by atoms with Gasteiger partial charge in [-0.05, 0) is 35.5 Å². The van der Waals surface area contributed by atoms with E-state index in [1.807, 2.05) is 7.05 Å². The maximum Gasteiger partial charge on any atom is 0.191 e. The SMILES string of the molecule is CCN1CCN(Cc2ccccc2CNC(=NC)NCCc2cccs2)CC1.I. The normalized spacial score (nSPS) is 15.7. The topological polar surface area (TPSA) is 42.9 Å². The van der Waals surface area contributed by atoms with Gasteiger partial charge in [0, 0.05) is 57.7 Å². The van der Waals surface area contributed by atoms with Gasteiger partial charge in [0.05, 0.1) is 0 Å². The van der Waals surface area contributed by atoms with Crippen molar-refractivity contribution >= 4 is 41.3 Å². The summed E-state index contributed by atoms with van der Waals surface area (Å²) < 4.78 is 0. The van der Waals surface area contributed by atoms with E-state index in [-0.39, 0.29) is 24.0 Å². The van der Waals surface area contributed by atoms with E-state index < -0.39 is 0 Å². The van der Waals surface area contributed by atoms with Crippen molar-refractivity contribution in [1.29, 1.82) is 0 Å². The molecule has 0 aliphatic carbocycles. The summed E-state index contributed by atoms with van der Waals surface area (Å²) in [5.41, 5.74) is 2.76. The van der Waals surface area contributed by atoms with Crippen LogP contribution in [-0.4, -0.2) is 62.1 Å². The second kappa shape index (κ2) is 13.2. The molecular formula is C22H34IN5S. The van der Waals surface area contributed by atoms with Crippen LogP contribution in [0.2, 0.25) is 0 Å². The number of likely N-dealkylation sites (N-methyl/N-ethyl adjacent to an activating group) is 1. The number of guanidine groups is 1. The third kappa shape index (κ3) is 7.88. The van der Waals surface area contributed by atoms with Crippen molar-refractivity contribution in [2.45, 2.75) is 26.4 Å². The van der Waals surface area contributed by atoms with Crippen LogP contribution in [-0.2, 0) is 19.5 Å². The number of benzene rings is 1. The van der Waals surface area contributed by atoms with Crippen molar-refractivity contribution in [2.24, 2.45) is 4.99 Å². The Labute approximate surface area is 196 Å². The highest BCUT2D eigenvalue weighted by Crippen LogP contribution is 2.13. The van der Waals surface area contributed by atoms with Crippen molar-refractivity contribution in [1.82, 2.24) is 20.4 Å². The summed E-state index contributed by atoms with van der Waals surface area (Å²) in [4.78, 5) is 10.9. The van der Waals surface area contributed by atoms with E-state index in [2.05, 4.69) is 74.1 Å². The Morgan fingerprint density at radius 1 is 1.00 bits per heavy atom. The summed E-state index contributed by atoms with van der Waals surface area (Å²) in [6, 6.07) is 13.0. The number of thiophene rings is 1. The van der Waals surface area contributed by atoms with Gasteiger partial charge in [-0.1, -0.05) is 37.3 Å². The van der Waals surface area contributed by atoms with E-state index in [0.29, 0.717) is 0 Å². The zero-order chi connectivity index (χ0) is 19.6. The number of aliphatic imine (C=N–C) groups is 1. The highest BCUT2D eigenvalue weighted by Gasteiger charge is 2.16. The molecule has 29 heavy (non-hydrogen) atoms. The fourth-order valence-corrected chi connectivity index (χ4v) is 4.26. The molecule has 5 nitrogen and oxygen atoms in total. The lowest BCUT2D eigenvalue weighted by Crippen LogP contribution is -2.45. The molecule has 1 aromatic heterocycles. The first-order chi connectivity index (χ1) is 13.8. The molecule has 2 heterocycles. The third-order valence-corrected chi connectivity index (χ3v) is 6.27. The van der Waals surface area contributed by atoms with E-state index in [9.17, 15) is 0 Å². The molecule has 1 saturated heterocycles.